The van der Waals surface area contributed by atoms with Crippen molar-refractivity contribution in [1.82, 2.24) is 5.32 Å². The zero-order valence-corrected chi connectivity index (χ0v) is 27.7. The Morgan fingerprint density at radius 3 is 2.20 bits per heavy atom. The van der Waals surface area contributed by atoms with Crippen LogP contribution in [0.4, 0.5) is 11.4 Å². The van der Waals surface area contributed by atoms with Crippen LogP contribution in [0.25, 0.3) is 6.08 Å². The summed E-state index contributed by atoms with van der Waals surface area (Å²) in [5, 5.41) is 17.9. The molecule has 5 rings (SSSR count). The Kier molecular flexibility index (Phi) is 11.7. The number of aromatic hydroxyl groups is 1. The van der Waals surface area contributed by atoms with Crippen LogP contribution in [0.3, 0.4) is 0 Å². The van der Waals surface area contributed by atoms with Gasteiger partial charge in [0, 0.05) is 33.5 Å². The van der Waals surface area contributed by atoms with Gasteiger partial charge in [-0.1, -0.05) is 54.6 Å². The van der Waals surface area contributed by atoms with E-state index in [-0.39, 0.29) is 17.4 Å². The van der Waals surface area contributed by atoms with Crippen LogP contribution in [0, 0.1) is 0 Å². The number of benzene rings is 5. The number of carbonyl (C=O) groups excluding carboxylic acids is 3. The highest BCUT2D eigenvalue weighted by Gasteiger charge is 2.23. The third-order valence-corrected chi connectivity index (χ3v) is 8.41. The molecule has 248 valence electrons. The molecular weight excluding hydrogens is 639 g/mol. The number of phenolic OH excluding ortho intramolecular Hbond substituents is 1. The maximum Gasteiger partial charge on any atom is 0.272 e. The summed E-state index contributed by atoms with van der Waals surface area (Å²) in [4.78, 5) is 41.2. The lowest BCUT2D eigenvalue weighted by atomic mass is 10.1. The van der Waals surface area contributed by atoms with Crippen LogP contribution in [0.15, 0.2) is 138 Å². The van der Waals surface area contributed by atoms with E-state index in [4.69, 9.17) is 9.47 Å². The summed E-state index contributed by atoms with van der Waals surface area (Å²) < 4.78 is 10.9. The second-order valence-electron chi connectivity index (χ2n) is 10.6. The molecular formula is C39H35N3O6S. The summed E-state index contributed by atoms with van der Waals surface area (Å²) in [5.74, 6) is -0.264. The van der Waals surface area contributed by atoms with E-state index in [1.807, 2.05) is 43.3 Å². The van der Waals surface area contributed by atoms with E-state index >= 15 is 0 Å². The molecule has 4 N–H and O–H groups in total. The predicted octanol–water partition coefficient (Wildman–Crippen LogP) is 7.68. The van der Waals surface area contributed by atoms with Crippen LogP contribution in [-0.4, -0.2) is 36.5 Å². The molecule has 0 fully saturated rings. The lowest BCUT2D eigenvalue weighted by molar-refractivity contribution is -0.116. The second kappa shape index (κ2) is 16.7. The van der Waals surface area contributed by atoms with Crippen LogP contribution < -0.4 is 25.4 Å². The van der Waals surface area contributed by atoms with E-state index in [1.165, 1.54) is 37.1 Å². The zero-order chi connectivity index (χ0) is 34.6. The Bertz CT molecular complexity index is 1930. The number of methoxy groups -OCH3 is 1. The van der Waals surface area contributed by atoms with Crippen LogP contribution in [-0.2, 0) is 9.59 Å². The van der Waals surface area contributed by atoms with Crippen molar-refractivity contribution >= 4 is 46.9 Å². The van der Waals surface area contributed by atoms with Crippen LogP contribution in [0.2, 0.25) is 0 Å². The average molecular weight is 674 g/mol. The molecule has 1 unspecified atom stereocenters. The number of thioether (sulfide) groups is 1. The van der Waals surface area contributed by atoms with Gasteiger partial charge in [-0.3, -0.25) is 14.4 Å². The van der Waals surface area contributed by atoms with Gasteiger partial charge in [0.05, 0.1) is 13.7 Å². The fraction of sp³-hybridized carbons (Fsp3) is 0.103. The number of ether oxygens (including phenoxy) is 2. The normalized spacial score (nSPS) is 11.6. The van der Waals surface area contributed by atoms with E-state index in [1.54, 1.807) is 78.9 Å². The van der Waals surface area contributed by atoms with Crippen molar-refractivity contribution in [3.8, 4) is 17.2 Å². The molecule has 0 saturated heterocycles. The molecule has 0 aromatic heterocycles. The van der Waals surface area contributed by atoms with E-state index < -0.39 is 17.1 Å². The summed E-state index contributed by atoms with van der Waals surface area (Å²) in [6.45, 7) is 2.46. The molecule has 0 bridgehead atoms. The first-order valence-corrected chi connectivity index (χ1v) is 16.3. The highest BCUT2D eigenvalue weighted by atomic mass is 32.2. The highest BCUT2D eigenvalue weighted by Crippen LogP contribution is 2.37. The molecule has 0 spiro atoms. The highest BCUT2D eigenvalue weighted by molar-refractivity contribution is 8.00. The first-order chi connectivity index (χ1) is 23.8. The number of amides is 3. The quantitative estimate of drug-likeness (QED) is 0.0746. The number of anilines is 2. The molecule has 0 aliphatic rings. The summed E-state index contributed by atoms with van der Waals surface area (Å²) in [7, 11) is 1.44. The van der Waals surface area contributed by atoms with Gasteiger partial charge in [0.25, 0.3) is 11.8 Å². The third kappa shape index (κ3) is 9.52. The lowest BCUT2D eigenvalue weighted by Crippen LogP contribution is -2.30. The minimum atomic E-state index is -0.610. The maximum absolute atomic E-state index is 13.7. The number of rotatable bonds is 13. The molecule has 49 heavy (non-hydrogen) atoms. The molecule has 3 amide bonds. The topological polar surface area (TPSA) is 126 Å². The standard InChI is InChI=1S/C39H35N3O6S/c1-3-48-32-21-18-29(19-22-32)40-39(46)36(26-11-6-4-7-12-26)49-33-16-10-15-30(24-33)41-38(45)34(42-37(44)27-13-8-5-9-14-27)23-28-17-20-31(43)25-35(28)47-2/h4-25,36,43H,3H2,1-2H3,(H,40,46)(H,41,45)(H,42,44)/b34-23+. The average Bonchev–Trinajstić information content (AvgIpc) is 3.12. The van der Waals surface area contributed by atoms with Gasteiger partial charge >= 0.3 is 0 Å². The maximum atomic E-state index is 13.7. The summed E-state index contributed by atoms with van der Waals surface area (Å²) >= 11 is 1.33. The Morgan fingerprint density at radius 1 is 0.796 bits per heavy atom. The Balaban J connectivity index is 1.38. The van der Waals surface area contributed by atoms with Crippen molar-refractivity contribution in [2.75, 3.05) is 24.4 Å². The Morgan fingerprint density at radius 2 is 1.51 bits per heavy atom. The number of nitrogens with one attached hydrogen (secondary N) is 3. The van der Waals surface area contributed by atoms with Gasteiger partial charge in [0.1, 0.15) is 28.2 Å². The van der Waals surface area contributed by atoms with Gasteiger partial charge in [-0.15, -0.1) is 11.8 Å². The molecule has 0 radical (unpaired) electrons. The van der Waals surface area contributed by atoms with Gasteiger partial charge in [-0.05, 0) is 85.3 Å². The minimum Gasteiger partial charge on any atom is -0.508 e. The van der Waals surface area contributed by atoms with Crippen molar-refractivity contribution in [2.24, 2.45) is 0 Å². The van der Waals surface area contributed by atoms with Crippen LogP contribution >= 0.6 is 11.8 Å². The second-order valence-corrected chi connectivity index (χ2v) is 11.8. The number of hydrogen-bond acceptors (Lipinski definition) is 7. The number of carbonyl (C=O) groups is 3. The molecule has 9 nitrogen and oxygen atoms in total. The molecule has 0 saturated carbocycles. The Hall–Kier alpha value is -6.00. The van der Waals surface area contributed by atoms with Gasteiger partial charge in [0.2, 0.25) is 5.91 Å². The molecule has 1 atom stereocenters. The number of hydrogen-bond donors (Lipinski definition) is 4. The first kappa shape index (κ1) is 34.3. The van der Waals surface area contributed by atoms with Gasteiger partial charge < -0.3 is 30.5 Å². The largest absolute Gasteiger partial charge is 0.508 e. The van der Waals surface area contributed by atoms with E-state index in [9.17, 15) is 19.5 Å². The molecule has 0 heterocycles. The van der Waals surface area contributed by atoms with Crippen molar-refractivity contribution < 1.29 is 29.0 Å². The van der Waals surface area contributed by atoms with Crippen molar-refractivity contribution in [3.63, 3.8) is 0 Å². The fourth-order valence-electron chi connectivity index (χ4n) is 4.81. The fourth-order valence-corrected chi connectivity index (χ4v) is 5.89. The molecule has 5 aromatic carbocycles. The SMILES string of the molecule is CCOc1ccc(NC(=O)C(Sc2cccc(NC(=O)/C(=C\c3ccc(O)cc3OC)NC(=O)c3ccccc3)c2)c2ccccc2)cc1. The van der Waals surface area contributed by atoms with Gasteiger partial charge in [0.15, 0.2) is 0 Å². The van der Waals surface area contributed by atoms with Crippen molar-refractivity contribution in [3.05, 3.63) is 150 Å². The molecule has 0 aliphatic carbocycles. The third-order valence-electron chi connectivity index (χ3n) is 7.16. The van der Waals surface area contributed by atoms with Crippen LogP contribution in [0.5, 0.6) is 17.2 Å². The first-order valence-electron chi connectivity index (χ1n) is 15.4. The minimum absolute atomic E-state index is 0.00962. The van der Waals surface area contributed by atoms with Crippen molar-refractivity contribution in [1.29, 1.82) is 0 Å². The van der Waals surface area contributed by atoms with E-state index in [2.05, 4.69) is 16.0 Å². The summed E-state index contributed by atoms with van der Waals surface area (Å²) in [6, 6.07) is 36.7. The zero-order valence-electron chi connectivity index (χ0n) is 26.9. The Labute approximate surface area is 289 Å². The van der Waals surface area contributed by atoms with Gasteiger partial charge in [-0.2, -0.15) is 0 Å². The lowest BCUT2D eigenvalue weighted by Gasteiger charge is -2.18. The smallest absolute Gasteiger partial charge is 0.272 e. The number of phenols is 1. The molecule has 0 aliphatic heterocycles. The summed E-state index contributed by atoms with van der Waals surface area (Å²) in [5.41, 5.74) is 2.68. The monoisotopic (exact) mass is 673 g/mol. The van der Waals surface area contributed by atoms with Crippen molar-refractivity contribution in [2.45, 2.75) is 17.1 Å². The predicted molar refractivity (Wildman–Crippen MR) is 193 cm³/mol. The molecule has 10 heteroatoms. The van der Waals surface area contributed by atoms with Crippen LogP contribution in [0.1, 0.15) is 33.7 Å². The van der Waals surface area contributed by atoms with Gasteiger partial charge in [-0.25, -0.2) is 0 Å². The summed E-state index contributed by atoms with van der Waals surface area (Å²) in [6.07, 6.45) is 1.48. The van der Waals surface area contributed by atoms with E-state index in [0.717, 1.165) is 10.5 Å². The molecule has 5 aromatic rings. The van der Waals surface area contributed by atoms with E-state index in [0.29, 0.717) is 40.6 Å².